The fourth-order valence-corrected chi connectivity index (χ4v) is 0. The van der Waals surface area contributed by atoms with Crippen molar-refractivity contribution in [2.75, 3.05) is 0 Å². The third kappa shape index (κ3) is 23.1. The standard InChI is InChI=1S/BH3.Co.Cr.H4Si.Sn.2H/h1H3;;;1H4;;;. The van der Waals surface area contributed by atoms with Crippen molar-refractivity contribution in [3.8, 4) is 0 Å². The van der Waals surface area contributed by atoms with Crippen LogP contribution in [0.15, 0.2) is 0 Å². The van der Waals surface area contributed by atoms with E-state index in [0.717, 1.165) is 0 Å². The Labute approximate surface area is 76.7 Å². The van der Waals surface area contributed by atoms with Gasteiger partial charge in [-0.15, -0.1) is 0 Å². The molecule has 0 aromatic rings. The summed E-state index contributed by atoms with van der Waals surface area (Å²) in [4.78, 5) is 0. The van der Waals surface area contributed by atoms with Crippen molar-refractivity contribution in [2.45, 2.75) is 0 Å². The molecule has 0 heterocycles. The van der Waals surface area contributed by atoms with Gasteiger partial charge in [-0.3, -0.25) is 0 Å². The molecule has 0 atom stereocenters. The van der Waals surface area contributed by atoms with Crippen molar-refractivity contribution in [2.24, 2.45) is 0 Å². The first-order valence-corrected chi connectivity index (χ1v) is 0. The van der Waals surface area contributed by atoms with Crippen LogP contribution in [0.1, 0.15) is 0 Å². The molecule has 0 unspecified atom stereocenters. The van der Waals surface area contributed by atoms with Crippen molar-refractivity contribution in [1.29, 1.82) is 0 Å². The summed E-state index contributed by atoms with van der Waals surface area (Å²) in [5, 5.41) is 0. The first kappa shape index (κ1) is 59.3. The summed E-state index contributed by atoms with van der Waals surface area (Å²) in [6.07, 6.45) is 0. The van der Waals surface area contributed by atoms with Gasteiger partial charge in [-0.25, -0.2) is 0 Å². The topological polar surface area (TPSA) is 0 Å². The molecule has 5 heavy (non-hydrogen) atoms. The summed E-state index contributed by atoms with van der Waals surface area (Å²) >= 11 is 0. The molecule has 0 nitrogen and oxygen atoms in total. The second-order valence-corrected chi connectivity index (χ2v) is 0. The maximum atomic E-state index is 0. The minimum absolute atomic E-state index is 0. The second kappa shape index (κ2) is 35.7. The van der Waals surface area contributed by atoms with Crippen molar-refractivity contribution >= 4 is 43.3 Å². The van der Waals surface area contributed by atoms with Gasteiger partial charge in [0.15, 0.2) is 0 Å². The molecule has 35 valence electrons. The summed E-state index contributed by atoms with van der Waals surface area (Å²) in [5.41, 5.74) is 0. The van der Waals surface area contributed by atoms with E-state index in [2.05, 4.69) is 0 Å². The number of rotatable bonds is 0. The van der Waals surface area contributed by atoms with Crippen molar-refractivity contribution < 1.29 is 34.1 Å². The van der Waals surface area contributed by atoms with Gasteiger partial charge in [-0.1, -0.05) is 0 Å². The SMILES string of the molecule is B.[Co].[Cr].[SiH4].[SnH2]. The van der Waals surface area contributed by atoms with Gasteiger partial charge in [-0.05, 0) is 11.0 Å². The Morgan fingerprint density at radius 3 is 1.00 bits per heavy atom. The predicted octanol–water partition coefficient (Wildman–Crippen LogP) is -3.56. The van der Waals surface area contributed by atoms with Crippen LogP contribution in [0.25, 0.3) is 0 Å². The number of hydrogen-bond donors (Lipinski definition) is 0. The molecule has 5 heteroatoms. The summed E-state index contributed by atoms with van der Waals surface area (Å²) in [7, 11) is 0. The second-order valence-electron chi connectivity index (χ2n) is 0. The molecule has 0 spiro atoms. The van der Waals surface area contributed by atoms with E-state index >= 15 is 0 Å². The van der Waals surface area contributed by atoms with E-state index in [1.807, 2.05) is 0 Å². The molecular formula is H9BCoCrSiSn. The Bertz CT molecular complexity index is 11.6. The molecule has 0 amide bonds. The Kier molecular flexibility index (Phi) is 424. The van der Waals surface area contributed by atoms with Gasteiger partial charge in [0, 0.05) is 34.1 Å². The molecule has 0 saturated carbocycles. The molecule has 0 aliphatic heterocycles. The first-order chi connectivity index (χ1) is 0. The van der Waals surface area contributed by atoms with Crippen LogP contribution in [0, 0.1) is 0 Å². The third-order valence-electron chi connectivity index (χ3n) is 0. The third-order valence-corrected chi connectivity index (χ3v) is 0. The molecular weight excluding hydrogens is 269 g/mol. The van der Waals surface area contributed by atoms with Gasteiger partial charge in [-0.2, -0.15) is 0 Å². The Balaban J connectivity index is 0. The van der Waals surface area contributed by atoms with Crippen LogP contribution >= 0.6 is 0 Å². The van der Waals surface area contributed by atoms with Gasteiger partial charge in [0.05, 0.1) is 8.41 Å². The van der Waals surface area contributed by atoms with E-state index in [9.17, 15) is 0 Å². The molecule has 0 bridgehead atoms. The molecule has 0 rings (SSSR count). The first-order valence-electron chi connectivity index (χ1n) is 0. The Morgan fingerprint density at radius 1 is 1.00 bits per heavy atom. The van der Waals surface area contributed by atoms with Crippen molar-refractivity contribution in [1.82, 2.24) is 0 Å². The van der Waals surface area contributed by atoms with Crippen molar-refractivity contribution in [3.05, 3.63) is 0 Å². The molecule has 0 fully saturated rings. The Morgan fingerprint density at radius 2 is 1.00 bits per heavy atom. The molecule has 3 radical (unpaired) electrons. The zero-order chi connectivity index (χ0) is 0. The van der Waals surface area contributed by atoms with E-state index in [4.69, 9.17) is 0 Å². The van der Waals surface area contributed by atoms with E-state index in [0.29, 0.717) is 0 Å². The zero-order valence-electron chi connectivity index (χ0n) is 1.45. The monoisotopic (exact) mass is 279 g/mol. The predicted molar refractivity (Wildman–Crippen MR) is 29.8 cm³/mol. The van der Waals surface area contributed by atoms with E-state index in [-0.39, 0.29) is 77.4 Å². The average molecular weight is 278 g/mol. The fourth-order valence-electron chi connectivity index (χ4n) is 0. The quantitative estimate of drug-likeness (QED) is 0.402. The molecule has 0 aromatic carbocycles. The molecule has 0 aliphatic carbocycles. The summed E-state index contributed by atoms with van der Waals surface area (Å²) in [6, 6.07) is 0. The average Bonchev–Trinajstić information content (AvgIpc) is 0. The summed E-state index contributed by atoms with van der Waals surface area (Å²) in [6.45, 7) is 0. The Hall–Kier alpha value is 2.12. The van der Waals surface area contributed by atoms with Crippen LogP contribution in [-0.2, 0) is 34.1 Å². The van der Waals surface area contributed by atoms with Crippen LogP contribution < -0.4 is 0 Å². The normalized spacial score (nSPS) is 0. The van der Waals surface area contributed by atoms with E-state index in [1.54, 1.807) is 0 Å². The van der Waals surface area contributed by atoms with E-state index in [1.165, 1.54) is 0 Å². The molecule has 0 N–H and O–H groups in total. The van der Waals surface area contributed by atoms with Gasteiger partial charge >= 0.3 is 23.9 Å². The molecule has 0 saturated heterocycles. The van der Waals surface area contributed by atoms with Crippen molar-refractivity contribution in [3.63, 3.8) is 0 Å². The summed E-state index contributed by atoms with van der Waals surface area (Å²) in [5.74, 6) is 0. The van der Waals surface area contributed by atoms with Gasteiger partial charge in [0.25, 0.3) is 0 Å². The fraction of sp³-hybridized carbons (Fsp3) is 0. The molecule has 0 aromatic heterocycles. The van der Waals surface area contributed by atoms with Crippen LogP contribution in [0.3, 0.4) is 0 Å². The summed E-state index contributed by atoms with van der Waals surface area (Å²) < 4.78 is 0. The number of hydrogen-bond acceptors (Lipinski definition) is 0. The van der Waals surface area contributed by atoms with Gasteiger partial charge in [0.2, 0.25) is 0 Å². The van der Waals surface area contributed by atoms with Crippen LogP contribution in [0.5, 0.6) is 0 Å². The van der Waals surface area contributed by atoms with E-state index < -0.39 is 0 Å². The van der Waals surface area contributed by atoms with Crippen LogP contribution in [0.4, 0.5) is 0 Å². The zero-order valence-corrected chi connectivity index (χ0v) is 7.80. The minimum atomic E-state index is 0. The van der Waals surface area contributed by atoms with Gasteiger partial charge < -0.3 is 0 Å². The van der Waals surface area contributed by atoms with Crippen LogP contribution in [-0.4, -0.2) is 43.3 Å². The maximum absolute atomic E-state index is 0. The van der Waals surface area contributed by atoms with Gasteiger partial charge in [0.1, 0.15) is 0 Å². The molecule has 0 aliphatic rings. The van der Waals surface area contributed by atoms with Crippen LogP contribution in [0.2, 0.25) is 0 Å².